The fraction of sp³-hybridized carbons (Fsp3) is 0. The monoisotopic (exact) mass is 635 g/mol. The van der Waals surface area contributed by atoms with Gasteiger partial charge in [0.05, 0.1) is 62.7 Å². The first-order valence-corrected chi connectivity index (χ1v) is 16.3. The molecular formula is C45H25N5. The van der Waals surface area contributed by atoms with Gasteiger partial charge in [0.2, 0.25) is 0 Å². The van der Waals surface area contributed by atoms with Crippen LogP contribution in [0.25, 0.3) is 77.2 Å². The molecule has 0 aliphatic carbocycles. The third-order valence-corrected chi connectivity index (χ3v) is 9.62. The van der Waals surface area contributed by atoms with E-state index in [0.717, 1.165) is 55.4 Å². The molecule has 0 atom stereocenters. The maximum absolute atomic E-state index is 10.4. The first kappa shape index (κ1) is 28.8. The number of para-hydroxylation sites is 3. The third kappa shape index (κ3) is 4.38. The van der Waals surface area contributed by atoms with Crippen molar-refractivity contribution >= 4 is 43.6 Å². The summed E-state index contributed by atoms with van der Waals surface area (Å²) in [5.74, 6) is 0. The Morgan fingerprint density at radius 2 is 0.880 bits per heavy atom. The van der Waals surface area contributed by atoms with E-state index in [2.05, 4.69) is 112 Å². The minimum absolute atomic E-state index is 0.403. The van der Waals surface area contributed by atoms with Crippen LogP contribution in [0.2, 0.25) is 0 Å². The van der Waals surface area contributed by atoms with Crippen LogP contribution < -0.4 is 0 Å². The summed E-state index contributed by atoms with van der Waals surface area (Å²) in [6.45, 7) is 0. The molecule has 230 valence electrons. The van der Waals surface area contributed by atoms with Gasteiger partial charge in [0.1, 0.15) is 0 Å². The highest BCUT2D eigenvalue weighted by molar-refractivity contribution is 6.11. The van der Waals surface area contributed by atoms with E-state index >= 15 is 0 Å². The summed E-state index contributed by atoms with van der Waals surface area (Å²) in [7, 11) is 0. The molecule has 2 aromatic heterocycles. The Morgan fingerprint density at radius 3 is 1.46 bits per heavy atom. The van der Waals surface area contributed by atoms with E-state index in [-0.39, 0.29) is 0 Å². The smallest absolute Gasteiger partial charge is 0.0999 e. The highest BCUT2D eigenvalue weighted by atomic mass is 15.0. The normalized spacial score (nSPS) is 11.1. The van der Waals surface area contributed by atoms with Gasteiger partial charge >= 0.3 is 0 Å². The fourth-order valence-electron chi connectivity index (χ4n) is 7.39. The van der Waals surface area contributed by atoms with Gasteiger partial charge in [-0.15, -0.1) is 0 Å². The Labute approximate surface area is 287 Å². The molecule has 0 bridgehead atoms. The summed E-state index contributed by atoms with van der Waals surface area (Å²) in [6, 6.07) is 57.9. The van der Waals surface area contributed by atoms with Gasteiger partial charge in [0.25, 0.3) is 0 Å². The second-order valence-electron chi connectivity index (χ2n) is 12.3. The van der Waals surface area contributed by atoms with Crippen LogP contribution in [0.15, 0.2) is 152 Å². The summed E-state index contributed by atoms with van der Waals surface area (Å²) < 4.78 is 4.41. The molecule has 0 radical (unpaired) electrons. The number of nitrogens with zero attached hydrogens (tertiary/aromatic N) is 5. The van der Waals surface area contributed by atoms with E-state index in [1.54, 1.807) is 12.1 Å². The zero-order valence-electron chi connectivity index (χ0n) is 26.7. The van der Waals surface area contributed by atoms with E-state index in [0.29, 0.717) is 16.7 Å². The molecule has 0 spiro atoms. The molecule has 7 aromatic carbocycles. The molecule has 9 rings (SSSR count). The summed E-state index contributed by atoms with van der Waals surface area (Å²) in [5.41, 5.74) is 11.1. The maximum atomic E-state index is 10.4. The average Bonchev–Trinajstić information content (AvgIpc) is 3.70. The van der Waals surface area contributed by atoms with Crippen molar-refractivity contribution in [1.82, 2.24) is 9.13 Å². The van der Waals surface area contributed by atoms with Crippen molar-refractivity contribution in [3.8, 4) is 51.8 Å². The lowest BCUT2D eigenvalue weighted by atomic mass is 9.94. The molecule has 0 aliphatic rings. The molecule has 0 fully saturated rings. The lowest BCUT2D eigenvalue weighted by Crippen LogP contribution is -2.01. The zero-order valence-corrected chi connectivity index (χ0v) is 26.7. The number of hydrogen-bond acceptors (Lipinski definition) is 3. The molecule has 5 nitrogen and oxygen atoms in total. The molecule has 9 aromatic rings. The number of rotatable bonds is 4. The Kier molecular flexibility index (Phi) is 6.56. The number of hydrogen-bond donors (Lipinski definition) is 0. The van der Waals surface area contributed by atoms with Crippen LogP contribution in [-0.4, -0.2) is 9.13 Å². The fourth-order valence-corrected chi connectivity index (χ4v) is 7.39. The molecular weight excluding hydrogens is 611 g/mol. The Bertz CT molecular complexity index is 2890. The van der Waals surface area contributed by atoms with Crippen molar-refractivity contribution in [1.29, 1.82) is 15.8 Å². The minimum atomic E-state index is 0.403. The van der Waals surface area contributed by atoms with E-state index in [4.69, 9.17) is 0 Å². The predicted octanol–water partition coefficient (Wildman–Crippen LogP) is 10.8. The largest absolute Gasteiger partial charge is 0.309 e. The van der Waals surface area contributed by atoms with Gasteiger partial charge in [-0.3, -0.25) is 0 Å². The summed E-state index contributed by atoms with van der Waals surface area (Å²) >= 11 is 0. The highest BCUT2D eigenvalue weighted by Crippen LogP contribution is 2.39. The predicted molar refractivity (Wildman–Crippen MR) is 200 cm³/mol. The van der Waals surface area contributed by atoms with Crippen LogP contribution in [-0.2, 0) is 0 Å². The molecule has 0 N–H and O–H groups in total. The zero-order chi connectivity index (χ0) is 33.8. The van der Waals surface area contributed by atoms with E-state index in [9.17, 15) is 15.8 Å². The topological polar surface area (TPSA) is 81.2 Å². The van der Waals surface area contributed by atoms with Crippen molar-refractivity contribution in [3.63, 3.8) is 0 Å². The highest BCUT2D eigenvalue weighted by Gasteiger charge is 2.20. The van der Waals surface area contributed by atoms with Gasteiger partial charge < -0.3 is 9.13 Å². The van der Waals surface area contributed by atoms with Gasteiger partial charge in [-0.25, -0.2) is 0 Å². The van der Waals surface area contributed by atoms with E-state index < -0.39 is 0 Å². The van der Waals surface area contributed by atoms with Crippen LogP contribution >= 0.6 is 0 Å². The summed E-state index contributed by atoms with van der Waals surface area (Å²) in [5, 5.41) is 34.4. The van der Waals surface area contributed by atoms with Crippen molar-refractivity contribution in [2.24, 2.45) is 0 Å². The number of fused-ring (bicyclic) bond motifs is 6. The second kappa shape index (κ2) is 11.4. The van der Waals surface area contributed by atoms with Crippen molar-refractivity contribution in [3.05, 3.63) is 168 Å². The van der Waals surface area contributed by atoms with Crippen LogP contribution in [0.1, 0.15) is 16.7 Å². The SMILES string of the molecule is N#Cc1cc(C#N)c(-c2ccc(-c3ccc(-n4c5ccccc5c5ccccc54)cc3)cc2)c(-n2c3ccccc3c3cc(C#N)ccc32)c1. The number of nitriles is 3. The van der Waals surface area contributed by atoms with Crippen LogP contribution in [0, 0.1) is 34.0 Å². The third-order valence-electron chi connectivity index (χ3n) is 9.62. The maximum Gasteiger partial charge on any atom is 0.0999 e. The van der Waals surface area contributed by atoms with Crippen molar-refractivity contribution < 1.29 is 0 Å². The van der Waals surface area contributed by atoms with Gasteiger partial charge in [0.15, 0.2) is 0 Å². The number of aromatic nitrogens is 2. The second-order valence-corrected chi connectivity index (χ2v) is 12.3. The van der Waals surface area contributed by atoms with Crippen LogP contribution in [0.5, 0.6) is 0 Å². The van der Waals surface area contributed by atoms with E-state index in [1.165, 1.54) is 21.8 Å². The quantitative estimate of drug-likeness (QED) is 0.193. The number of benzene rings is 7. The Balaban J connectivity index is 1.16. The lowest BCUT2D eigenvalue weighted by molar-refractivity contribution is 1.17. The first-order chi connectivity index (χ1) is 24.7. The van der Waals surface area contributed by atoms with Crippen LogP contribution in [0.3, 0.4) is 0 Å². The van der Waals surface area contributed by atoms with Gasteiger partial charge in [-0.1, -0.05) is 91.0 Å². The molecule has 5 heteroatoms. The van der Waals surface area contributed by atoms with Crippen LogP contribution in [0.4, 0.5) is 0 Å². The Morgan fingerprint density at radius 1 is 0.380 bits per heavy atom. The average molecular weight is 636 g/mol. The molecule has 0 saturated carbocycles. The molecule has 2 heterocycles. The molecule has 0 unspecified atom stereocenters. The standard InChI is InChI=1S/C45H25N5/c46-26-29-13-22-43-39(24-29)38-9-3-6-12-42(38)50(43)44-25-30(27-47)23-34(28-48)45(44)33-16-14-31(15-17-33)32-18-20-35(21-19-32)49-40-10-4-1-7-36(40)37-8-2-5-11-41(37)49/h1-25H. The van der Waals surface area contributed by atoms with E-state index in [1.807, 2.05) is 54.6 Å². The first-order valence-electron chi connectivity index (χ1n) is 16.3. The summed E-state index contributed by atoms with van der Waals surface area (Å²) in [6.07, 6.45) is 0. The minimum Gasteiger partial charge on any atom is -0.309 e. The molecule has 50 heavy (non-hydrogen) atoms. The summed E-state index contributed by atoms with van der Waals surface area (Å²) in [4.78, 5) is 0. The van der Waals surface area contributed by atoms with Gasteiger partial charge in [0, 0.05) is 32.8 Å². The van der Waals surface area contributed by atoms with Crippen molar-refractivity contribution in [2.75, 3.05) is 0 Å². The van der Waals surface area contributed by atoms with Crippen molar-refractivity contribution in [2.45, 2.75) is 0 Å². The molecule has 0 amide bonds. The van der Waals surface area contributed by atoms with Gasteiger partial charge in [-0.2, -0.15) is 15.8 Å². The Hall–Kier alpha value is -7.39. The molecule has 0 aliphatic heterocycles. The lowest BCUT2D eigenvalue weighted by Gasteiger charge is -2.17. The van der Waals surface area contributed by atoms with Gasteiger partial charge in [-0.05, 0) is 77.4 Å². The molecule has 0 saturated heterocycles.